The summed E-state index contributed by atoms with van der Waals surface area (Å²) in [6.45, 7) is 0.208. The lowest BCUT2D eigenvalue weighted by Crippen LogP contribution is -1.92. The summed E-state index contributed by atoms with van der Waals surface area (Å²) in [4.78, 5) is 4.74. The lowest BCUT2D eigenvalue weighted by Gasteiger charge is -2.11. The standard InChI is InChI=1S/C19H19NO2S/c1-22-15-8-9-16-17(14-6-3-2-4-7-14)13-19(20-18(16)12-15)23-11-5-10-21/h2-4,6-9,12-13,21H,5,10-11H2,1H3. The van der Waals surface area contributed by atoms with Gasteiger partial charge in [-0.15, -0.1) is 11.8 Å². The molecule has 118 valence electrons. The van der Waals surface area contributed by atoms with Crippen LogP contribution in [0.3, 0.4) is 0 Å². The lowest BCUT2D eigenvalue weighted by atomic mass is 10.0. The Balaban J connectivity index is 2.11. The van der Waals surface area contributed by atoms with Crippen molar-refractivity contribution in [2.75, 3.05) is 19.5 Å². The molecular formula is C19H19NO2S. The first-order valence-electron chi connectivity index (χ1n) is 7.59. The average Bonchev–Trinajstić information content (AvgIpc) is 2.61. The molecule has 0 saturated carbocycles. The molecule has 3 aromatic rings. The molecule has 4 heteroatoms. The minimum Gasteiger partial charge on any atom is -0.497 e. The number of fused-ring (bicyclic) bond motifs is 1. The van der Waals surface area contributed by atoms with Crippen LogP contribution in [0, 0.1) is 0 Å². The maximum atomic E-state index is 8.97. The summed E-state index contributed by atoms with van der Waals surface area (Å²) in [6, 6.07) is 18.5. The molecule has 23 heavy (non-hydrogen) atoms. The van der Waals surface area contributed by atoms with Crippen molar-refractivity contribution in [3.05, 3.63) is 54.6 Å². The molecule has 1 aromatic heterocycles. The van der Waals surface area contributed by atoms with E-state index in [1.165, 1.54) is 11.1 Å². The zero-order valence-corrected chi connectivity index (χ0v) is 13.8. The number of hydrogen-bond acceptors (Lipinski definition) is 4. The van der Waals surface area contributed by atoms with Gasteiger partial charge in [-0.2, -0.15) is 0 Å². The van der Waals surface area contributed by atoms with Gasteiger partial charge in [-0.25, -0.2) is 4.98 Å². The van der Waals surface area contributed by atoms with Crippen LogP contribution in [0.1, 0.15) is 6.42 Å². The fourth-order valence-electron chi connectivity index (χ4n) is 2.48. The Hall–Kier alpha value is -2.04. The first-order valence-corrected chi connectivity index (χ1v) is 8.58. The number of rotatable bonds is 6. The quantitative estimate of drug-likeness (QED) is 0.539. The van der Waals surface area contributed by atoms with Crippen LogP contribution in [-0.2, 0) is 0 Å². The lowest BCUT2D eigenvalue weighted by molar-refractivity contribution is 0.296. The molecule has 0 unspecified atom stereocenters. The van der Waals surface area contributed by atoms with E-state index in [1.807, 2.05) is 30.3 Å². The summed E-state index contributed by atoms with van der Waals surface area (Å²) < 4.78 is 5.33. The average molecular weight is 325 g/mol. The van der Waals surface area contributed by atoms with Crippen molar-refractivity contribution < 1.29 is 9.84 Å². The smallest absolute Gasteiger partial charge is 0.121 e. The van der Waals surface area contributed by atoms with E-state index in [9.17, 15) is 0 Å². The molecule has 0 amide bonds. The number of aliphatic hydroxyl groups is 1. The Kier molecular flexibility index (Phi) is 5.16. The number of ether oxygens (including phenoxy) is 1. The van der Waals surface area contributed by atoms with E-state index in [2.05, 4.69) is 24.3 Å². The first kappa shape index (κ1) is 15.8. The number of benzene rings is 2. The largest absolute Gasteiger partial charge is 0.497 e. The van der Waals surface area contributed by atoms with Crippen LogP contribution in [0.5, 0.6) is 5.75 Å². The molecule has 1 heterocycles. The highest BCUT2D eigenvalue weighted by molar-refractivity contribution is 7.99. The summed E-state index contributed by atoms with van der Waals surface area (Å²) in [5, 5.41) is 11.1. The van der Waals surface area contributed by atoms with Crippen molar-refractivity contribution in [2.24, 2.45) is 0 Å². The summed E-state index contributed by atoms with van der Waals surface area (Å²) in [5.41, 5.74) is 3.27. The normalized spacial score (nSPS) is 10.9. The maximum Gasteiger partial charge on any atom is 0.121 e. The van der Waals surface area contributed by atoms with Gasteiger partial charge in [-0.1, -0.05) is 30.3 Å². The molecule has 0 radical (unpaired) electrons. The predicted octanol–water partition coefficient (Wildman–Crippen LogP) is 4.38. The zero-order chi connectivity index (χ0) is 16.1. The molecule has 0 bridgehead atoms. The molecule has 0 atom stereocenters. The molecular weight excluding hydrogens is 306 g/mol. The summed E-state index contributed by atoms with van der Waals surface area (Å²) >= 11 is 1.67. The molecule has 3 nitrogen and oxygen atoms in total. The minimum atomic E-state index is 0.208. The van der Waals surface area contributed by atoms with E-state index < -0.39 is 0 Å². The third kappa shape index (κ3) is 3.66. The van der Waals surface area contributed by atoms with Crippen LogP contribution in [-0.4, -0.2) is 29.6 Å². The number of aliphatic hydroxyl groups excluding tert-OH is 1. The Morgan fingerprint density at radius 2 is 1.91 bits per heavy atom. The van der Waals surface area contributed by atoms with Gasteiger partial charge in [0.1, 0.15) is 5.75 Å². The molecule has 1 N–H and O–H groups in total. The van der Waals surface area contributed by atoms with E-state index >= 15 is 0 Å². The fourth-order valence-corrected chi connectivity index (χ4v) is 3.33. The molecule has 3 rings (SSSR count). The summed E-state index contributed by atoms with van der Waals surface area (Å²) in [6.07, 6.45) is 0.767. The minimum absolute atomic E-state index is 0.208. The van der Waals surface area contributed by atoms with Crippen LogP contribution in [0.15, 0.2) is 59.6 Å². The van der Waals surface area contributed by atoms with Crippen LogP contribution in [0.2, 0.25) is 0 Å². The molecule has 2 aromatic carbocycles. The summed E-state index contributed by atoms with van der Waals surface area (Å²) in [7, 11) is 1.67. The second-order valence-corrected chi connectivity index (χ2v) is 6.30. The number of hydrogen-bond donors (Lipinski definition) is 1. The van der Waals surface area contributed by atoms with Crippen LogP contribution >= 0.6 is 11.8 Å². The van der Waals surface area contributed by atoms with E-state index in [0.717, 1.165) is 33.9 Å². The Labute approximate surface area is 140 Å². The molecule has 0 spiro atoms. The van der Waals surface area contributed by atoms with Gasteiger partial charge in [0.25, 0.3) is 0 Å². The van der Waals surface area contributed by atoms with Crippen LogP contribution in [0.25, 0.3) is 22.0 Å². The Bertz CT molecular complexity index is 790. The monoisotopic (exact) mass is 325 g/mol. The fraction of sp³-hybridized carbons (Fsp3) is 0.211. The van der Waals surface area contributed by atoms with Crippen molar-refractivity contribution in [3.8, 4) is 16.9 Å². The van der Waals surface area contributed by atoms with Crippen molar-refractivity contribution in [1.29, 1.82) is 0 Å². The Morgan fingerprint density at radius 3 is 2.65 bits per heavy atom. The second kappa shape index (κ2) is 7.49. The first-order chi connectivity index (χ1) is 11.3. The predicted molar refractivity (Wildman–Crippen MR) is 96.2 cm³/mol. The van der Waals surface area contributed by atoms with E-state index in [1.54, 1.807) is 18.9 Å². The number of pyridine rings is 1. The van der Waals surface area contributed by atoms with Gasteiger partial charge < -0.3 is 9.84 Å². The van der Waals surface area contributed by atoms with E-state index in [-0.39, 0.29) is 6.61 Å². The third-order valence-electron chi connectivity index (χ3n) is 3.63. The number of methoxy groups -OCH3 is 1. The van der Waals surface area contributed by atoms with Crippen molar-refractivity contribution >= 4 is 22.7 Å². The molecule has 0 aliphatic carbocycles. The van der Waals surface area contributed by atoms with Crippen molar-refractivity contribution in [2.45, 2.75) is 11.4 Å². The SMILES string of the molecule is COc1ccc2c(-c3ccccc3)cc(SCCCO)nc2c1. The van der Waals surface area contributed by atoms with Crippen LogP contribution in [0.4, 0.5) is 0 Å². The topological polar surface area (TPSA) is 42.4 Å². The van der Waals surface area contributed by atoms with E-state index in [4.69, 9.17) is 14.8 Å². The van der Waals surface area contributed by atoms with Gasteiger partial charge in [0, 0.05) is 23.8 Å². The second-order valence-electron chi connectivity index (χ2n) is 5.18. The Morgan fingerprint density at radius 1 is 1.09 bits per heavy atom. The summed E-state index contributed by atoms with van der Waals surface area (Å²) in [5.74, 6) is 1.66. The number of aromatic nitrogens is 1. The zero-order valence-electron chi connectivity index (χ0n) is 13.0. The third-order valence-corrected chi connectivity index (χ3v) is 4.63. The van der Waals surface area contributed by atoms with Gasteiger partial charge >= 0.3 is 0 Å². The molecule has 0 aliphatic rings. The molecule has 0 saturated heterocycles. The van der Waals surface area contributed by atoms with Gasteiger partial charge in [0.15, 0.2) is 0 Å². The maximum absolute atomic E-state index is 8.97. The van der Waals surface area contributed by atoms with Gasteiger partial charge in [0.05, 0.1) is 17.7 Å². The van der Waals surface area contributed by atoms with Crippen molar-refractivity contribution in [1.82, 2.24) is 4.98 Å². The van der Waals surface area contributed by atoms with E-state index in [0.29, 0.717) is 0 Å². The van der Waals surface area contributed by atoms with Gasteiger partial charge in [-0.05, 0) is 35.7 Å². The molecule has 0 fully saturated rings. The van der Waals surface area contributed by atoms with Gasteiger partial charge in [-0.3, -0.25) is 0 Å². The van der Waals surface area contributed by atoms with Crippen LogP contribution < -0.4 is 4.74 Å². The number of thioether (sulfide) groups is 1. The highest BCUT2D eigenvalue weighted by atomic mass is 32.2. The highest BCUT2D eigenvalue weighted by Crippen LogP contribution is 2.33. The molecule has 0 aliphatic heterocycles. The highest BCUT2D eigenvalue weighted by Gasteiger charge is 2.09. The number of nitrogens with zero attached hydrogens (tertiary/aromatic N) is 1. The van der Waals surface area contributed by atoms with Crippen molar-refractivity contribution in [3.63, 3.8) is 0 Å². The van der Waals surface area contributed by atoms with Gasteiger partial charge in [0.2, 0.25) is 0 Å².